The molecule has 0 aliphatic carbocycles. The Morgan fingerprint density at radius 2 is 1.97 bits per heavy atom. The first-order valence-electron chi connectivity index (χ1n) is 10.9. The third-order valence-corrected chi connectivity index (χ3v) is 5.42. The maximum atomic E-state index is 5.99. The van der Waals surface area contributed by atoms with E-state index in [-0.39, 0.29) is 6.04 Å². The van der Waals surface area contributed by atoms with Crippen LogP contribution >= 0.6 is 0 Å². The van der Waals surface area contributed by atoms with Crippen molar-refractivity contribution in [2.75, 3.05) is 19.0 Å². The van der Waals surface area contributed by atoms with Crippen molar-refractivity contribution in [2.24, 2.45) is 0 Å². The molecule has 2 heterocycles. The van der Waals surface area contributed by atoms with Crippen LogP contribution in [0.3, 0.4) is 0 Å². The Hall–Kier alpha value is -3.61. The topological polar surface area (TPSA) is 85.0 Å². The summed E-state index contributed by atoms with van der Waals surface area (Å²) in [5.74, 6) is 2.86. The minimum atomic E-state index is 0.0333. The van der Waals surface area contributed by atoms with Crippen LogP contribution in [0.1, 0.15) is 44.1 Å². The molecule has 0 aliphatic heterocycles. The predicted octanol–water partition coefficient (Wildman–Crippen LogP) is 5.69. The SMILES string of the molecule is CCCCOc1cc2c(N[C@H](C)c3cccc(-c4cn[nH]c4)c3)nc(C)nc2cc1OC. The number of ether oxygens (including phenoxy) is 2. The Morgan fingerprint density at radius 3 is 2.72 bits per heavy atom. The number of fused-ring (bicyclic) bond motifs is 1. The minimum Gasteiger partial charge on any atom is -0.493 e. The summed E-state index contributed by atoms with van der Waals surface area (Å²) < 4.78 is 11.5. The Kier molecular flexibility index (Phi) is 6.54. The van der Waals surface area contributed by atoms with E-state index < -0.39 is 0 Å². The van der Waals surface area contributed by atoms with E-state index >= 15 is 0 Å². The van der Waals surface area contributed by atoms with Crippen LogP contribution in [0.2, 0.25) is 0 Å². The van der Waals surface area contributed by atoms with Crippen molar-refractivity contribution >= 4 is 16.7 Å². The first-order chi connectivity index (χ1) is 15.6. The van der Waals surface area contributed by atoms with Gasteiger partial charge in [0.05, 0.1) is 25.4 Å². The zero-order valence-electron chi connectivity index (χ0n) is 19.0. The fourth-order valence-corrected chi connectivity index (χ4v) is 3.65. The Labute approximate surface area is 188 Å². The molecule has 4 rings (SSSR count). The number of nitrogens with one attached hydrogen (secondary N) is 2. The third-order valence-electron chi connectivity index (χ3n) is 5.42. The van der Waals surface area contributed by atoms with Crippen molar-refractivity contribution in [1.82, 2.24) is 20.2 Å². The van der Waals surface area contributed by atoms with Gasteiger partial charge in [-0.25, -0.2) is 9.97 Å². The summed E-state index contributed by atoms with van der Waals surface area (Å²) in [6.07, 6.45) is 5.78. The van der Waals surface area contributed by atoms with Crippen LogP contribution in [0.25, 0.3) is 22.0 Å². The summed E-state index contributed by atoms with van der Waals surface area (Å²) in [7, 11) is 1.65. The zero-order chi connectivity index (χ0) is 22.5. The summed E-state index contributed by atoms with van der Waals surface area (Å²) in [5.41, 5.74) is 4.15. The van der Waals surface area contributed by atoms with E-state index in [0.29, 0.717) is 23.9 Å². The standard InChI is InChI=1S/C25H29N5O2/c1-5-6-10-32-24-12-21-22(13-23(24)31-4)29-17(3)30-25(21)28-16(2)18-8-7-9-19(11-18)20-14-26-27-15-20/h7-9,11-16H,5-6,10H2,1-4H3,(H,26,27)(H,28,29,30)/t16-/m1/s1. The van der Waals surface area contributed by atoms with E-state index in [2.05, 4.69) is 58.6 Å². The number of aryl methyl sites for hydroxylation is 1. The largest absolute Gasteiger partial charge is 0.493 e. The van der Waals surface area contributed by atoms with E-state index in [1.165, 1.54) is 0 Å². The highest BCUT2D eigenvalue weighted by Crippen LogP contribution is 2.35. The highest BCUT2D eigenvalue weighted by atomic mass is 16.5. The van der Waals surface area contributed by atoms with Crippen LogP contribution in [0.4, 0.5) is 5.82 Å². The molecule has 166 valence electrons. The minimum absolute atomic E-state index is 0.0333. The molecule has 0 saturated carbocycles. The van der Waals surface area contributed by atoms with Crippen LogP contribution in [0, 0.1) is 6.92 Å². The van der Waals surface area contributed by atoms with Gasteiger partial charge in [-0.1, -0.05) is 31.5 Å². The van der Waals surface area contributed by atoms with E-state index in [9.17, 15) is 0 Å². The van der Waals surface area contributed by atoms with Crippen molar-refractivity contribution < 1.29 is 9.47 Å². The molecule has 7 nitrogen and oxygen atoms in total. The fourth-order valence-electron chi connectivity index (χ4n) is 3.65. The third kappa shape index (κ3) is 4.66. The lowest BCUT2D eigenvalue weighted by Gasteiger charge is -2.19. The molecule has 2 aromatic carbocycles. The van der Waals surface area contributed by atoms with E-state index in [1.54, 1.807) is 7.11 Å². The van der Waals surface area contributed by atoms with Gasteiger partial charge < -0.3 is 14.8 Å². The number of rotatable bonds is 9. The lowest BCUT2D eigenvalue weighted by molar-refractivity contribution is 0.289. The average molecular weight is 432 g/mol. The van der Waals surface area contributed by atoms with Gasteiger partial charge in [-0.3, -0.25) is 5.10 Å². The molecule has 0 radical (unpaired) electrons. The van der Waals surface area contributed by atoms with Gasteiger partial charge >= 0.3 is 0 Å². The number of anilines is 1. The van der Waals surface area contributed by atoms with Crippen LogP contribution < -0.4 is 14.8 Å². The molecule has 0 unspecified atom stereocenters. The molecule has 2 aromatic heterocycles. The molecule has 0 aliphatic rings. The Balaban J connectivity index is 1.67. The van der Waals surface area contributed by atoms with E-state index in [0.717, 1.165) is 46.3 Å². The summed E-state index contributed by atoms with van der Waals surface area (Å²) >= 11 is 0. The van der Waals surface area contributed by atoms with Crippen LogP contribution in [0.15, 0.2) is 48.8 Å². The van der Waals surface area contributed by atoms with Gasteiger partial charge in [0.25, 0.3) is 0 Å². The normalized spacial score (nSPS) is 12.0. The highest BCUT2D eigenvalue weighted by molar-refractivity contribution is 5.92. The van der Waals surface area contributed by atoms with Gasteiger partial charge in [0.1, 0.15) is 11.6 Å². The molecule has 1 atom stereocenters. The molecular formula is C25H29N5O2. The molecule has 0 saturated heterocycles. The summed E-state index contributed by atoms with van der Waals surface area (Å²) in [5, 5.41) is 11.4. The van der Waals surface area contributed by atoms with Crippen LogP contribution in [-0.4, -0.2) is 33.9 Å². The van der Waals surface area contributed by atoms with Crippen molar-refractivity contribution in [1.29, 1.82) is 0 Å². The molecule has 7 heteroatoms. The van der Waals surface area contributed by atoms with E-state index in [1.807, 2.05) is 31.5 Å². The number of nitrogens with zero attached hydrogens (tertiary/aromatic N) is 3. The molecule has 4 aromatic rings. The maximum absolute atomic E-state index is 5.99. The molecule has 0 bridgehead atoms. The van der Waals surface area contributed by atoms with Crippen LogP contribution in [-0.2, 0) is 0 Å². The number of methoxy groups -OCH3 is 1. The number of hydrogen-bond acceptors (Lipinski definition) is 6. The second-order valence-corrected chi connectivity index (χ2v) is 7.82. The first kappa shape index (κ1) is 21.6. The first-order valence-corrected chi connectivity index (χ1v) is 10.9. The molecule has 0 amide bonds. The number of H-pyrrole nitrogens is 1. The second kappa shape index (κ2) is 9.68. The highest BCUT2D eigenvalue weighted by Gasteiger charge is 2.15. The zero-order valence-corrected chi connectivity index (χ0v) is 19.0. The number of hydrogen-bond donors (Lipinski definition) is 2. The average Bonchev–Trinajstić information content (AvgIpc) is 3.34. The Bertz CT molecular complexity index is 1190. The molecule has 32 heavy (non-hydrogen) atoms. The quantitative estimate of drug-likeness (QED) is 0.331. The van der Waals surface area contributed by atoms with Gasteiger partial charge in [-0.15, -0.1) is 0 Å². The van der Waals surface area contributed by atoms with Crippen molar-refractivity contribution in [3.05, 3.63) is 60.2 Å². The molecule has 2 N–H and O–H groups in total. The summed E-state index contributed by atoms with van der Waals surface area (Å²) in [6, 6.07) is 12.3. The van der Waals surface area contributed by atoms with Gasteiger partial charge in [0, 0.05) is 29.3 Å². The fraction of sp³-hybridized carbons (Fsp3) is 0.320. The second-order valence-electron chi connectivity index (χ2n) is 7.82. The number of aromatic nitrogens is 4. The van der Waals surface area contributed by atoms with Crippen molar-refractivity contribution in [2.45, 2.75) is 39.7 Å². The Morgan fingerprint density at radius 1 is 1.09 bits per heavy atom. The monoisotopic (exact) mass is 431 g/mol. The lowest BCUT2D eigenvalue weighted by Crippen LogP contribution is -2.10. The van der Waals surface area contributed by atoms with E-state index in [4.69, 9.17) is 14.5 Å². The molecule has 0 fully saturated rings. The number of benzene rings is 2. The van der Waals surface area contributed by atoms with Crippen molar-refractivity contribution in [3.8, 4) is 22.6 Å². The lowest BCUT2D eigenvalue weighted by atomic mass is 10.0. The van der Waals surface area contributed by atoms with Gasteiger partial charge in [0.2, 0.25) is 0 Å². The van der Waals surface area contributed by atoms with Gasteiger partial charge in [0.15, 0.2) is 11.5 Å². The van der Waals surface area contributed by atoms with Crippen LogP contribution in [0.5, 0.6) is 11.5 Å². The smallest absolute Gasteiger partial charge is 0.162 e. The van der Waals surface area contributed by atoms with Gasteiger partial charge in [-0.05, 0) is 43.5 Å². The molecule has 0 spiro atoms. The summed E-state index contributed by atoms with van der Waals surface area (Å²) in [4.78, 5) is 9.31. The number of aromatic amines is 1. The summed E-state index contributed by atoms with van der Waals surface area (Å²) in [6.45, 7) is 6.81. The molecular weight excluding hydrogens is 402 g/mol. The maximum Gasteiger partial charge on any atom is 0.162 e. The predicted molar refractivity (Wildman–Crippen MR) is 127 cm³/mol. The number of unbranched alkanes of at least 4 members (excludes halogenated alkanes) is 1. The van der Waals surface area contributed by atoms with Gasteiger partial charge in [-0.2, -0.15) is 5.10 Å². The van der Waals surface area contributed by atoms with Crippen molar-refractivity contribution in [3.63, 3.8) is 0 Å².